The molecule has 0 bridgehead atoms. The van der Waals surface area contributed by atoms with E-state index in [1.165, 1.54) is 11.1 Å². The van der Waals surface area contributed by atoms with E-state index in [4.69, 9.17) is 4.99 Å². The molecule has 0 spiro atoms. The van der Waals surface area contributed by atoms with Gasteiger partial charge in [-0.1, -0.05) is 42.5 Å². The molecule has 0 amide bonds. The van der Waals surface area contributed by atoms with Gasteiger partial charge in [0.25, 0.3) is 0 Å². The Kier molecular flexibility index (Phi) is 3.29. The molecule has 114 valence electrons. The van der Waals surface area contributed by atoms with Crippen molar-refractivity contribution in [1.82, 2.24) is 0 Å². The van der Waals surface area contributed by atoms with E-state index in [-0.39, 0.29) is 0 Å². The van der Waals surface area contributed by atoms with Gasteiger partial charge >= 0.3 is 0 Å². The van der Waals surface area contributed by atoms with Crippen molar-refractivity contribution in [2.24, 2.45) is 4.99 Å². The topological polar surface area (TPSA) is 36.1 Å². The number of hydrogen-bond donors (Lipinski definition) is 0. The molecule has 3 aromatic rings. The first-order valence-electron chi connectivity index (χ1n) is 7.97. The molecule has 0 N–H and O–H groups in total. The Bertz CT molecular complexity index is 1020. The summed E-state index contributed by atoms with van der Waals surface area (Å²) in [6.07, 6.45) is 0. The van der Waals surface area contributed by atoms with Crippen LogP contribution < -0.4 is 0 Å². The zero-order chi connectivity index (χ0) is 16.7. The second-order valence-corrected chi connectivity index (χ2v) is 6.19. The summed E-state index contributed by atoms with van der Waals surface area (Å²) in [5.74, 6) is 0. The van der Waals surface area contributed by atoms with Crippen LogP contribution in [0.3, 0.4) is 0 Å². The summed E-state index contributed by atoms with van der Waals surface area (Å²) in [7, 11) is 0. The minimum Gasteiger partial charge on any atom is -0.248 e. The number of rotatable bonds is 1. The molecule has 0 aliphatic heterocycles. The monoisotopic (exact) mass is 308 g/mol. The molecule has 2 nitrogen and oxygen atoms in total. The molecular formula is C22H16N2. The predicted octanol–water partition coefficient (Wildman–Crippen LogP) is 5.32. The summed E-state index contributed by atoms with van der Waals surface area (Å²) in [5, 5.41) is 9.49. The summed E-state index contributed by atoms with van der Waals surface area (Å²) < 4.78 is 0. The molecule has 2 heteroatoms. The number of fused-ring (bicyclic) bond motifs is 3. The van der Waals surface area contributed by atoms with Gasteiger partial charge in [0, 0.05) is 16.7 Å². The average Bonchev–Trinajstić information content (AvgIpc) is 2.88. The lowest BCUT2D eigenvalue weighted by molar-refractivity contribution is 1.36. The normalized spacial score (nSPS) is 13.5. The molecule has 0 aromatic heterocycles. The molecule has 0 radical (unpaired) electrons. The van der Waals surface area contributed by atoms with Gasteiger partial charge in [0.2, 0.25) is 0 Å². The molecular weight excluding hydrogens is 292 g/mol. The fraction of sp³-hybridized carbons (Fsp3) is 0.0909. The lowest BCUT2D eigenvalue weighted by Crippen LogP contribution is -1.97. The van der Waals surface area contributed by atoms with Crippen LogP contribution in [-0.4, -0.2) is 5.71 Å². The molecule has 4 rings (SSSR count). The standard InChI is InChI=1S/C22H16N2/c1-14-10-15(2)12-17(11-14)24-22-19-8-4-3-7-18(19)21-16(13-23)6-5-9-20(21)22/h3-12H,1-2H3/b24-22+. The van der Waals surface area contributed by atoms with Crippen molar-refractivity contribution >= 4 is 11.4 Å². The molecule has 0 saturated carbocycles. The highest BCUT2D eigenvalue weighted by molar-refractivity contribution is 6.25. The second kappa shape index (κ2) is 5.47. The van der Waals surface area contributed by atoms with Crippen LogP contribution in [0, 0.1) is 25.2 Å². The van der Waals surface area contributed by atoms with E-state index in [0.717, 1.165) is 33.7 Å². The van der Waals surface area contributed by atoms with Crippen LogP contribution in [0.4, 0.5) is 5.69 Å². The van der Waals surface area contributed by atoms with Crippen LogP contribution in [0.1, 0.15) is 27.8 Å². The highest BCUT2D eigenvalue weighted by Crippen LogP contribution is 2.40. The summed E-state index contributed by atoms with van der Waals surface area (Å²) in [6, 6.07) is 22.7. The van der Waals surface area contributed by atoms with Crippen LogP contribution in [0.25, 0.3) is 11.1 Å². The summed E-state index contributed by atoms with van der Waals surface area (Å²) in [6.45, 7) is 4.17. The SMILES string of the molecule is Cc1cc(C)cc(/N=C2\c3ccccc3-c3c(C#N)cccc32)c1. The highest BCUT2D eigenvalue weighted by Gasteiger charge is 2.26. The molecule has 0 heterocycles. The summed E-state index contributed by atoms with van der Waals surface area (Å²) in [5.41, 5.74) is 9.22. The lowest BCUT2D eigenvalue weighted by atomic mass is 10.0. The van der Waals surface area contributed by atoms with Gasteiger partial charge in [-0.25, -0.2) is 4.99 Å². The molecule has 1 aliphatic carbocycles. The van der Waals surface area contributed by atoms with E-state index in [2.05, 4.69) is 56.3 Å². The van der Waals surface area contributed by atoms with Crippen LogP contribution in [0.2, 0.25) is 0 Å². The van der Waals surface area contributed by atoms with Gasteiger partial charge < -0.3 is 0 Å². The quantitative estimate of drug-likeness (QED) is 0.468. The maximum atomic E-state index is 9.49. The van der Waals surface area contributed by atoms with E-state index in [1.807, 2.05) is 24.3 Å². The Morgan fingerprint density at radius 2 is 1.46 bits per heavy atom. The fourth-order valence-corrected chi connectivity index (χ4v) is 3.45. The van der Waals surface area contributed by atoms with Crippen molar-refractivity contribution in [2.45, 2.75) is 13.8 Å². The Balaban J connectivity index is 2.01. The Morgan fingerprint density at radius 1 is 0.792 bits per heavy atom. The average molecular weight is 308 g/mol. The highest BCUT2D eigenvalue weighted by atomic mass is 14.8. The molecule has 0 saturated heterocycles. The van der Waals surface area contributed by atoms with Crippen LogP contribution >= 0.6 is 0 Å². The zero-order valence-corrected chi connectivity index (χ0v) is 13.7. The fourth-order valence-electron chi connectivity index (χ4n) is 3.45. The Labute approximate surface area is 141 Å². The molecule has 1 aliphatic rings. The van der Waals surface area contributed by atoms with Gasteiger partial charge in [-0.05, 0) is 48.7 Å². The third-order valence-electron chi connectivity index (χ3n) is 4.34. The Hall–Kier alpha value is -3.18. The van der Waals surface area contributed by atoms with Gasteiger partial charge in [0.15, 0.2) is 0 Å². The van der Waals surface area contributed by atoms with Crippen molar-refractivity contribution in [3.63, 3.8) is 0 Å². The van der Waals surface area contributed by atoms with E-state index in [0.29, 0.717) is 5.56 Å². The minimum atomic E-state index is 0.700. The van der Waals surface area contributed by atoms with Crippen molar-refractivity contribution in [3.05, 3.63) is 88.5 Å². The first kappa shape index (κ1) is 14.4. The van der Waals surface area contributed by atoms with Crippen molar-refractivity contribution in [2.75, 3.05) is 0 Å². The molecule has 0 unspecified atom stereocenters. The van der Waals surface area contributed by atoms with Crippen LogP contribution in [0.15, 0.2) is 65.7 Å². The van der Waals surface area contributed by atoms with Crippen LogP contribution in [0.5, 0.6) is 0 Å². The zero-order valence-electron chi connectivity index (χ0n) is 13.7. The number of aryl methyl sites for hydroxylation is 2. The molecule has 0 atom stereocenters. The van der Waals surface area contributed by atoms with Crippen molar-refractivity contribution < 1.29 is 0 Å². The van der Waals surface area contributed by atoms with Gasteiger partial charge in [-0.2, -0.15) is 5.26 Å². The van der Waals surface area contributed by atoms with Crippen molar-refractivity contribution in [3.8, 4) is 17.2 Å². The van der Waals surface area contributed by atoms with Gasteiger partial charge in [-0.3, -0.25) is 0 Å². The predicted molar refractivity (Wildman–Crippen MR) is 97.8 cm³/mol. The molecule has 24 heavy (non-hydrogen) atoms. The summed E-state index contributed by atoms with van der Waals surface area (Å²) >= 11 is 0. The maximum absolute atomic E-state index is 9.49. The van der Waals surface area contributed by atoms with E-state index in [1.54, 1.807) is 0 Å². The number of benzene rings is 3. The maximum Gasteiger partial charge on any atom is 0.0998 e. The van der Waals surface area contributed by atoms with Gasteiger partial charge in [0.05, 0.1) is 23.0 Å². The minimum absolute atomic E-state index is 0.700. The van der Waals surface area contributed by atoms with Gasteiger partial charge in [0.1, 0.15) is 0 Å². The van der Waals surface area contributed by atoms with Crippen molar-refractivity contribution in [1.29, 1.82) is 5.26 Å². The number of hydrogen-bond acceptors (Lipinski definition) is 2. The third kappa shape index (κ3) is 2.23. The molecule has 3 aromatic carbocycles. The third-order valence-corrected chi connectivity index (χ3v) is 4.34. The number of aliphatic imine (C=N–C) groups is 1. The lowest BCUT2D eigenvalue weighted by Gasteiger charge is -2.05. The smallest absolute Gasteiger partial charge is 0.0998 e. The molecule has 0 fully saturated rings. The second-order valence-electron chi connectivity index (χ2n) is 6.19. The first-order chi connectivity index (χ1) is 11.7. The van der Waals surface area contributed by atoms with Crippen LogP contribution in [-0.2, 0) is 0 Å². The Morgan fingerprint density at radius 3 is 2.17 bits per heavy atom. The van der Waals surface area contributed by atoms with Gasteiger partial charge in [-0.15, -0.1) is 0 Å². The number of nitrogens with zero attached hydrogens (tertiary/aromatic N) is 2. The van der Waals surface area contributed by atoms with E-state index >= 15 is 0 Å². The van der Waals surface area contributed by atoms with E-state index < -0.39 is 0 Å². The summed E-state index contributed by atoms with van der Waals surface area (Å²) in [4.78, 5) is 4.95. The first-order valence-corrected chi connectivity index (χ1v) is 7.97. The van der Waals surface area contributed by atoms with E-state index in [9.17, 15) is 5.26 Å². The number of nitriles is 1. The largest absolute Gasteiger partial charge is 0.248 e.